The Morgan fingerprint density at radius 1 is 0.902 bits per heavy atom. The summed E-state index contributed by atoms with van der Waals surface area (Å²) in [5.74, 6) is -3.10. The van der Waals surface area contributed by atoms with Gasteiger partial charge in [-0.3, -0.25) is 19.3 Å². The first kappa shape index (κ1) is 48.5. The van der Waals surface area contributed by atoms with E-state index in [2.05, 4.69) is 10.3 Å². The molecule has 4 unspecified atom stereocenters. The van der Waals surface area contributed by atoms with E-state index in [0.717, 1.165) is 0 Å². The molecule has 21 nitrogen and oxygen atoms in total. The molecule has 4 saturated heterocycles. The molecular formula is C39H61FN6O15. The third-order valence-electron chi connectivity index (χ3n) is 11.6. The predicted octanol–water partition coefficient (Wildman–Crippen LogP) is -0.944. The van der Waals surface area contributed by atoms with Gasteiger partial charge in [-0.1, -0.05) is 19.1 Å². The quantitative estimate of drug-likeness (QED) is 0.0655. The molecule has 4 aliphatic rings. The van der Waals surface area contributed by atoms with Gasteiger partial charge >= 0.3 is 5.97 Å². The fourth-order valence-electron chi connectivity index (χ4n) is 8.18. The molecule has 1 aromatic heterocycles. The number of rotatable bonds is 23. The van der Waals surface area contributed by atoms with Crippen LogP contribution in [0.5, 0.6) is 0 Å². The van der Waals surface area contributed by atoms with Crippen molar-refractivity contribution in [3.63, 3.8) is 0 Å². The highest BCUT2D eigenvalue weighted by atomic mass is 19.1. The molecule has 0 aliphatic carbocycles. The standard InChI is InChI=1S/C39H61FN6O15/c1-5-23-26-27(24(6-2)59-23)36(53)46(35(26)52)13-9-7-8-12-44(25(48)11-10-20(3)47)18-22-19-45(43-42-22)14-15-56-16-17-57-38-28(40)31(50)33(34(61-38)37(54)55)60-39-29(41)32(51)30(49)21(4)58-39/h19,21,23-24,26-34,38-39,49-51H,5-18,41H2,1-4H3,(H,54,55)/t21?,23-,24+,26+,27-,28?,29?,30-,31-,32-,33+,34?,38-,39-/m1/s1. The van der Waals surface area contributed by atoms with Crippen molar-refractivity contribution in [3.05, 3.63) is 11.9 Å². The van der Waals surface area contributed by atoms with E-state index in [9.17, 15) is 44.4 Å². The average Bonchev–Trinajstić information content (AvgIpc) is 3.92. The first-order chi connectivity index (χ1) is 29.1. The SMILES string of the molecule is CC[C@@H]1O[C@H](CC)[C@@H]2C(=O)N(CCCCCN(Cc3cn(CCOCCO[C@@H]4OC(C(=O)O)[C@@H](O[C@H]5OC(C)[C@@H](O)[C@H](O)C5N)[C@H](O)C4F)nn3)C(=O)CCC(C)=O)C(=O)[C@@H]21. The van der Waals surface area contributed by atoms with E-state index in [4.69, 9.17) is 34.2 Å². The Kier molecular flexibility index (Phi) is 17.6. The number of fused-ring (bicyclic) bond motifs is 1. The van der Waals surface area contributed by atoms with Gasteiger partial charge in [0.05, 0.1) is 75.3 Å². The number of nitrogens with zero attached hydrogens (tertiary/aromatic N) is 5. The van der Waals surface area contributed by atoms with Gasteiger partial charge in [-0.05, 0) is 46.0 Å². The lowest BCUT2D eigenvalue weighted by Crippen LogP contribution is -2.65. The number of aromatic nitrogens is 3. The van der Waals surface area contributed by atoms with Crippen molar-refractivity contribution >= 4 is 29.5 Å². The van der Waals surface area contributed by atoms with E-state index in [1.54, 1.807) is 11.1 Å². The molecule has 1 aromatic rings. The van der Waals surface area contributed by atoms with Crippen LogP contribution < -0.4 is 5.73 Å². The van der Waals surface area contributed by atoms with Crippen LogP contribution in [0.25, 0.3) is 0 Å². The molecule has 5 rings (SSSR count). The van der Waals surface area contributed by atoms with Crippen molar-refractivity contribution in [3.8, 4) is 0 Å². The van der Waals surface area contributed by atoms with Gasteiger partial charge in [0.25, 0.3) is 0 Å². The van der Waals surface area contributed by atoms with E-state index in [0.29, 0.717) is 50.9 Å². The maximum Gasteiger partial charge on any atom is 0.335 e. The van der Waals surface area contributed by atoms with Gasteiger partial charge in [0.2, 0.25) is 17.7 Å². The third-order valence-corrected chi connectivity index (χ3v) is 11.6. The molecule has 0 saturated carbocycles. The molecule has 0 aromatic carbocycles. The summed E-state index contributed by atoms with van der Waals surface area (Å²) in [4.78, 5) is 66.1. The van der Waals surface area contributed by atoms with Crippen LogP contribution in [0.2, 0.25) is 0 Å². The number of carbonyl (C=O) groups is 5. The number of carbonyl (C=O) groups excluding carboxylic acids is 4. The van der Waals surface area contributed by atoms with Crippen LogP contribution in [0.15, 0.2) is 6.20 Å². The number of carboxylic acid groups (broad SMARTS) is 1. The molecule has 4 fully saturated rings. The van der Waals surface area contributed by atoms with Crippen LogP contribution in [0, 0.1) is 11.8 Å². The number of hydrogen-bond donors (Lipinski definition) is 5. The van der Waals surface area contributed by atoms with E-state index >= 15 is 4.39 Å². The molecule has 5 heterocycles. The van der Waals surface area contributed by atoms with Crippen LogP contribution in [-0.2, 0) is 65.5 Å². The lowest BCUT2D eigenvalue weighted by Gasteiger charge is -2.44. The van der Waals surface area contributed by atoms with Gasteiger partial charge < -0.3 is 64.3 Å². The lowest BCUT2D eigenvalue weighted by molar-refractivity contribution is -0.330. The number of Topliss-reactive ketones (excluding diaryl/α,β-unsaturated/α-hetero) is 1. The maximum absolute atomic E-state index is 15.2. The summed E-state index contributed by atoms with van der Waals surface area (Å²) in [6.45, 7) is 7.60. The fourth-order valence-corrected chi connectivity index (χ4v) is 8.18. The number of likely N-dealkylation sites (tertiary alicyclic amines) is 1. The molecule has 6 N–H and O–H groups in total. The number of aliphatic hydroxyl groups is 3. The van der Waals surface area contributed by atoms with Crippen molar-refractivity contribution in [1.29, 1.82) is 0 Å². The minimum atomic E-state index is -2.25. The zero-order valence-electron chi connectivity index (χ0n) is 35.0. The summed E-state index contributed by atoms with van der Waals surface area (Å²) in [6.07, 6.45) is -10.6. The van der Waals surface area contributed by atoms with Crippen molar-refractivity contribution in [2.24, 2.45) is 17.6 Å². The number of halogens is 1. The van der Waals surface area contributed by atoms with E-state index in [1.807, 2.05) is 13.8 Å². The molecule has 344 valence electrons. The van der Waals surface area contributed by atoms with Gasteiger partial charge in [0.1, 0.15) is 35.9 Å². The van der Waals surface area contributed by atoms with Gasteiger partial charge in [0.15, 0.2) is 24.9 Å². The van der Waals surface area contributed by atoms with Crippen molar-refractivity contribution < 1.29 is 77.2 Å². The van der Waals surface area contributed by atoms with Crippen LogP contribution in [0.4, 0.5) is 4.39 Å². The molecule has 22 heteroatoms. The molecule has 14 atom stereocenters. The van der Waals surface area contributed by atoms with Crippen LogP contribution >= 0.6 is 0 Å². The number of nitrogens with two attached hydrogens (primary N) is 1. The predicted molar refractivity (Wildman–Crippen MR) is 205 cm³/mol. The number of amides is 3. The first-order valence-corrected chi connectivity index (χ1v) is 21.1. The molecule has 0 bridgehead atoms. The van der Waals surface area contributed by atoms with Gasteiger partial charge in [0, 0.05) is 25.9 Å². The largest absolute Gasteiger partial charge is 0.479 e. The Morgan fingerprint density at radius 3 is 2.23 bits per heavy atom. The Bertz CT molecular complexity index is 1630. The second-order valence-electron chi connectivity index (χ2n) is 16.0. The third kappa shape index (κ3) is 11.7. The smallest absolute Gasteiger partial charge is 0.335 e. The number of aliphatic carboxylic acids is 1. The number of aliphatic hydroxyl groups excluding tert-OH is 3. The Hall–Kier alpha value is -3.58. The zero-order valence-corrected chi connectivity index (χ0v) is 35.0. The highest BCUT2D eigenvalue weighted by Gasteiger charge is 2.58. The van der Waals surface area contributed by atoms with Crippen molar-refractivity contribution in [2.75, 3.05) is 32.9 Å². The van der Waals surface area contributed by atoms with E-state index in [1.165, 1.54) is 23.4 Å². The van der Waals surface area contributed by atoms with Gasteiger partial charge in [-0.25, -0.2) is 13.9 Å². The Morgan fingerprint density at radius 2 is 1.59 bits per heavy atom. The summed E-state index contributed by atoms with van der Waals surface area (Å²) in [6, 6.07) is -1.33. The molecule has 4 aliphatic heterocycles. The number of carboxylic acids is 1. The molecule has 0 radical (unpaired) electrons. The second-order valence-corrected chi connectivity index (χ2v) is 16.0. The van der Waals surface area contributed by atoms with Gasteiger partial charge in [-0.2, -0.15) is 0 Å². The van der Waals surface area contributed by atoms with Crippen molar-refractivity contribution in [2.45, 2.75) is 159 Å². The van der Waals surface area contributed by atoms with Crippen LogP contribution in [0.1, 0.15) is 78.3 Å². The summed E-state index contributed by atoms with van der Waals surface area (Å²) in [7, 11) is 0. The summed E-state index contributed by atoms with van der Waals surface area (Å²) in [5.41, 5.74) is 6.36. The Labute approximate surface area is 352 Å². The number of hydrogen-bond acceptors (Lipinski definition) is 17. The maximum atomic E-state index is 15.2. The normalized spacial score (nSPS) is 33.9. The molecule has 61 heavy (non-hydrogen) atoms. The van der Waals surface area contributed by atoms with Crippen molar-refractivity contribution in [1.82, 2.24) is 24.8 Å². The number of unbranched alkanes of at least 4 members (excludes halogenated alkanes) is 2. The molecule has 3 amide bonds. The molecule has 0 spiro atoms. The summed E-state index contributed by atoms with van der Waals surface area (Å²) in [5, 5.41) is 48.8. The highest BCUT2D eigenvalue weighted by molar-refractivity contribution is 6.06. The minimum absolute atomic E-state index is 0.0395. The fraction of sp³-hybridized carbons (Fsp3) is 0.821. The average molecular weight is 873 g/mol. The number of imide groups is 1. The van der Waals surface area contributed by atoms with Gasteiger partial charge in [-0.15, -0.1) is 5.10 Å². The second kappa shape index (κ2) is 22.2. The highest BCUT2D eigenvalue weighted by Crippen LogP contribution is 2.43. The summed E-state index contributed by atoms with van der Waals surface area (Å²) >= 11 is 0. The van der Waals surface area contributed by atoms with Crippen LogP contribution in [0.3, 0.4) is 0 Å². The van der Waals surface area contributed by atoms with E-state index < -0.39 is 79.2 Å². The summed E-state index contributed by atoms with van der Waals surface area (Å²) < 4.78 is 49.8. The Balaban J connectivity index is 1.03. The minimum Gasteiger partial charge on any atom is -0.479 e. The van der Waals surface area contributed by atoms with Crippen LogP contribution in [-0.4, -0.2) is 181 Å². The monoisotopic (exact) mass is 872 g/mol. The van der Waals surface area contributed by atoms with E-state index in [-0.39, 0.29) is 81.5 Å². The lowest BCUT2D eigenvalue weighted by atomic mass is 9.88. The number of ether oxygens (including phenoxy) is 6. The topological polar surface area (TPSA) is 285 Å². The number of alkyl halides is 1. The first-order valence-electron chi connectivity index (χ1n) is 21.1. The number of ketones is 1. The molecular weight excluding hydrogens is 811 g/mol. The zero-order chi connectivity index (χ0) is 44.5.